The molecule has 3 aromatic heterocycles. The molecular weight excluding hydrogens is 432 g/mol. The van der Waals surface area contributed by atoms with E-state index in [2.05, 4.69) is 15.3 Å². The number of amides is 1. The highest BCUT2D eigenvalue weighted by Gasteiger charge is 2.14. The van der Waals surface area contributed by atoms with E-state index in [0.717, 1.165) is 37.8 Å². The Labute approximate surface area is 187 Å². The summed E-state index contributed by atoms with van der Waals surface area (Å²) in [6, 6.07) is 5.88. The number of nitrogens with zero attached hydrogens (tertiary/aromatic N) is 3. The molecule has 0 aliphatic heterocycles. The summed E-state index contributed by atoms with van der Waals surface area (Å²) in [6.45, 7) is 6.17. The minimum Gasteiger partial charge on any atom is -0.496 e. The average molecular weight is 455 g/mol. The second-order valence-electron chi connectivity index (χ2n) is 7.25. The van der Waals surface area contributed by atoms with Crippen molar-refractivity contribution in [2.24, 2.45) is 0 Å². The van der Waals surface area contributed by atoms with Crippen molar-refractivity contribution >= 4 is 43.9 Å². The molecule has 4 rings (SSSR count). The lowest BCUT2D eigenvalue weighted by atomic mass is 10.1. The zero-order valence-corrected chi connectivity index (χ0v) is 19.3. The number of benzene rings is 1. The smallest absolute Gasteiger partial charge is 0.262 e. The van der Waals surface area contributed by atoms with Crippen molar-refractivity contribution in [3.8, 4) is 17.0 Å². The van der Waals surface area contributed by atoms with Gasteiger partial charge in [-0.1, -0.05) is 11.6 Å². The Morgan fingerprint density at radius 1 is 1.26 bits per heavy atom. The number of anilines is 1. The molecule has 4 aromatic rings. The van der Waals surface area contributed by atoms with Crippen LogP contribution in [0.3, 0.4) is 0 Å². The van der Waals surface area contributed by atoms with Crippen molar-refractivity contribution < 1.29 is 9.53 Å². The molecule has 7 nitrogen and oxygen atoms in total. The minimum absolute atomic E-state index is 0.109. The Balaban J connectivity index is 1.45. The van der Waals surface area contributed by atoms with Gasteiger partial charge >= 0.3 is 0 Å². The van der Waals surface area contributed by atoms with Crippen LogP contribution in [0.2, 0.25) is 0 Å². The van der Waals surface area contributed by atoms with Gasteiger partial charge in [-0.3, -0.25) is 14.2 Å². The fourth-order valence-electron chi connectivity index (χ4n) is 3.31. The molecule has 0 radical (unpaired) electrons. The Kier molecular flexibility index (Phi) is 5.88. The van der Waals surface area contributed by atoms with Crippen LogP contribution in [0, 0.1) is 20.8 Å². The van der Waals surface area contributed by atoms with E-state index in [1.165, 1.54) is 33.6 Å². The van der Waals surface area contributed by atoms with Crippen molar-refractivity contribution in [3.63, 3.8) is 0 Å². The zero-order valence-electron chi connectivity index (χ0n) is 17.7. The Hall–Kier alpha value is -3.04. The van der Waals surface area contributed by atoms with Crippen LogP contribution in [0.25, 0.3) is 21.5 Å². The first-order chi connectivity index (χ1) is 14.9. The van der Waals surface area contributed by atoms with E-state index < -0.39 is 0 Å². The van der Waals surface area contributed by atoms with Gasteiger partial charge in [-0.25, -0.2) is 9.97 Å². The fraction of sp³-hybridized carbons (Fsp3) is 0.273. The summed E-state index contributed by atoms with van der Waals surface area (Å²) < 4.78 is 6.92. The number of aromatic nitrogens is 3. The van der Waals surface area contributed by atoms with Crippen LogP contribution in [0.4, 0.5) is 5.13 Å². The molecule has 0 saturated heterocycles. The first-order valence-electron chi connectivity index (χ1n) is 9.73. The third-order valence-electron chi connectivity index (χ3n) is 5.12. The van der Waals surface area contributed by atoms with Gasteiger partial charge in [-0.15, -0.1) is 22.7 Å². The van der Waals surface area contributed by atoms with Gasteiger partial charge in [0, 0.05) is 28.8 Å². The molecule has 3 heterocycles. The van der Waals surface area contributed by atoms with E-state index in [0.29, 0.717) is 10.5 Å². The highest BCUT2D eigenvalue weighted by molar-refractivity contribution is 7.18. The van der Waals surface area contributed by atoms with Crippen LogP contribution in [-0.2, 0) is 11.3 Å². The molecule has 0 saturated carbocycles. The van der Waals surface area contributed by atoms with Crippen LogP contribution >= 0.6 is 22.7 Å². The molecular formula is C22H22N4O3S2. The van der Waals surface area contributed by atoms with E-state index in [1.54, 1.807) is 7.11 Å². The second-order valence-corrected chi connectivity index (χ2v) is 9.31. The minimum atomic E-state index is -0.206. The largest absolute Gasteiger partial charge is 0.496 e. The third kappa shape index (κ3) is 4.24. The lowest BCUT2D eigenvalue weighted by Crippen LogP contribution is -2.23. The predicted octanol–water partition coefficient (Wildman–Crippen LogP) is 4.54. The maximum Gasteiger partial charge on any atom is 0.262 e. The molecule has 1 amide bonds. The van der Waals surface area contributed by atoms with E-state index in [9.17, 15) is 9.59 Å². The van der Waals surface area contributed by atoms with E-state index in [-0.39, 0.29) is 24.4 Å². The summed E-state index contributed by atoms with van der Waals surface area (Å²) in [7, 11) is 1.62. The molecule has 1 aromatic carbocycles. The van der Waals surface area contributed by atoms with Gasteiger partial charge in [0.25, 0.3) is 5.56 Å². The van der Waals surface area contributed by atoms with Gasteiger partial charge in [0.2, 0.25) is 5.91 Å². The number of thiazole rings is 1. The molecule has 1 N–H and O–H groups in total. The maximum absolute atomic E-state index is 12.8. The van der Waals surface area contributed by atoms with Crippen molar-refractivity contribution in [3.05, 3.63) is 56.3 Å². The topological polar surface area (TPSA) is 86.1 Å². The number of fused-ring (bicyclic) bond motifs is 1. The monoisotopic (exact) mass is 454 g/mol. The summed E-state index contributed by atoms with van der Waals surface area (Å²) in [5, 5.41) is 5.86. The lowest BCUT2D eigenvalue weighted by Gasteiger charge is -2.07. The second kappa shape index (κ2) is 8.60. The normalized spacial score (nSPS) is 11.1. The van der Waals surface area contributed by atoms with Crippen molar-refractivity contribution in [2.75, 3.05) is 12.4 Å². The number of carbonyl (C=O) groups excluding carboxylic acids is 1. The number of ether oxygens (including phenoxy) is 1. The van der Waals surface area contributed by atoms with Crippen molar-refractivity contribution in [2.45, 2.75) is 33.7 Å². The summed E-state index contributed by atoms with van der Waals surface area (Å²) >= 11 is 2.86. The third-order valence-corrected chi connectivity index (χ3v) is 6.99. The molecule has 0 aliphatic rings. The Bertz CT molecular complexity index is 1340. The highest BCUT2D eigenvalue weighted by Crippen LogP contribution is 2.33. The zero-order chi connectivity index (χ0) is 22.1. The van der Waals surface area contributed by atoms with Gasteiger partial charge in [0.1, 0.15) is 10.6 Å². The summed E-state index contributed by atoms with van der Waals surface area (Å²) in [5.74, 6) is 0.525. The molecule has 0 spiro atoms. The molecule has 9 heteroatoms. The highest BCUT2D eigenvalue weighted by atomic mass is 32.1. The fourth-order valence-corrected chi connectivity index (χ4v) is 5.02. The predicted molar refractivity (Wildman–Crippen MR) is 125 cm³/mol. The van der Waals surface area contributed by atoms with Crippen molar-refractivity contribution in [1.29, 1.82) is 0 Å². The first-order valence-corrected chi connectivity index (χ1v) is 11.4. The van der Waals surface area contributed by atoms with Crippen molar-refractivity contribution in [1.82, 2.24) is 14.5 Å². The molecule has 0 aliphatic carbocycles. The number of methoxy groups -OCH3 is 1. The van der Waals surface area contributed by atoms with Gasteiger partial charge in [0.05, 0.1) is 24.5 Å². The number of thiophene rings is 1. The van der Waals surface area contributed by atoms with E-state index in [1.807, 2.05) is 44.4 Å². The van der Waals surface area contributed by atoms with Crippen LogP contribution in [-0.4, -0.2) is 27.6 Å². The molecule has 160 valence electrons. The van der Waals surface area contributed by atoms with Gasteiger partial charge < -0.3 is 10.1 Å². The van der Waals surface area contributed by atoms with Gasteiger partial charge in [0.15, 0.2) is 5.13 Å². The Morgan fingerprint density at radius 3 is 2.84 bits per heavy atom. The number of carbonyl (C=O) groups is 1. The van der Waals surface area contributed by atoms with E-state index in [4.69, 9.17) is 4.74 Å². The number of rotatable bonds is 6. The van der Waals surface area contributed by atoms with E-state index >= 15 is 0 Å². The standard InChI is InChI=1S/C22H22N4O3S2/c1-12-5-6-17(29-4)15(9-12)16-10-30-22(24-16)25-18(27)7-8-26-11-23-20-19(21(26)28)13(2)14(3)31-20/h5-6,9-11H,7-8H2,1-4H3,(H,24,25,27). The van der Waals surface area contributed by atoms with Gasteiger partial charge in [-0.05, 0) is 38.5 Å². The maximum atomic E-state index is 12.8. The quantitative estimate of drug-likeness (QED) is 0.462. The average Bonchev–Trinajstić information content (AvgIpc) is 3.32. The van der Waals surface area contributed by atoms with Gasteiger partial charge in [-0.2, -0.15) is 0 Å². The number of hydrogen-bond donors (Lipinski definition) is 1. The summed E-state index contributed by atoms with van der Waals surface area (Å²) in [6.07, 6.45) is 1.66. The van der Waals surface area contributed by atoms with Crippen LogP contribution < -0.4 is 15.6 Å². The summed E-state index contributed by atoms with van der Waals surface area (Å²) in [4.78, 5) is 35.9. The first kappa shape index (κ1) is 21.2. The van der Waals surface area contributed by atoms with Crippen LogP contribution in [0.5, 0.6) is 5.75 Å². The number of nitrogens with one attached hydrogen (secondary N) is 1. The number of aryl methyl sites for hydroxylation is 4. The summed E-state index contributed by atoms with van der Waals surface area (Å²) in [5.41, 5.74) is 3.57. The lowest BCUT2D eigenvalue weighted by molar-refractivity contribution is -0.116. The molecule has 0 fully saturated rings. The molecule has 0 bridgehead atoms. The number of hydrogen-bond acceptors (Lipinski definition) is 7. The van der Waals surface area contributed by atoms with Crippen LogP contribution in [0.15, 0.2) is 34.7 Å². The molecule has 31 heavy (non-hydrogen) atoms. The molecule has 0 unspecified atom stereocenters. The Morgan fingerprint density at radius 2 is 2.06 bits per heavy atom. The van der Waals surface area contributed by atoms with Crippen LogP contribution in [0.1, 0.15) is 22.4 Å². The SMILES string of the molecule is COc1ccc(C)cc1-c1csc(NC(=O)CCn2cnc3sc(C)c(C)c3c2=O)n1. The molecule has 0 atom stereocenters.